The van der Waals surface area contributed by atoms with Gasteiger partial charge in [-0.25, -0.2) is 9.59 Å². The van der Waals surface area contributed by atoms with Gasteiger partial charge in [0, 0.05) is 12.5 Å². The molecule has 2 atom stereocenters. The number of nitrogens with zero attached hydrogens (tertiary/aromatic N) is 1. The maximum atomic E-state index is 12.6. The van der Waals surface area contributed by atoms with Crippen LogP contribution in [0.3, 0.4) is 0 Å². The highest BCUT2D eigenvalue weighted by atomic mass is 16.6. The summed E-state index contributed by atoms with van der Waals surface area (Å²) in [6.45, 7) is -0.818. The van der Waals surface area contributed by atoms with Gasteiger partial charge in [0.25, 0.3) is 0 Å². The van der Waals surface area contributed by atoms with Crippen LogP contribution in [0.15, 0.2) is 48.5 Å². The third-order valence-electron chi connectivity index (χ3n) is 4.69. The van der Waals surface area contributed by atoms with Gasteiger partial charge in [0.15, 0.2) is 5.75 Å². The molecule has 0 aliphatic rings. The average Bonchev–Trinajstić information content (AvgIpc) is 2.85. The first-order valence-corrected chi connectivity index (χ1v) is 10.1. The van der Waals surface area contributed by atoms with Crippen molar-refractivity contribution >= 4 is 23.7 Å². The van der Waals surface area contributed by atoms with Gasteiger partial charge in [0.05, 0.1) is 25.7 Å². The number of nitrogens with one attached hydrogen (secondary N) is 2. The molecule has 0 bridgehead atoms. The summed E-state index contributed by atoms with van der Waals surface area (Å²) in [4.78, 5) is 47.5. The van der Waals surface area contributed by atoms with E-state index in [0.717, 1.165) is 12.7 Å². The molecule has 2 aromatic rings. The van der Waals surface area contributed by atoms with Gasteiger partial charge in [-0.1, -0.05) is 36.4 Å². The summed E-state index contributed by atoms with van der Waals surface area (Å²) in [5.74, 6) is -1.67. The van der Waals surface area contributed by atoms with E-state index in [1.54, 1.807) is 30.3 Å². The van der Waals surface area contributed by atoms with Crippen LogP contribution in [0.4, 0.5) is 10.5 Å². The van der Waals surface area contributed by atoms with Crippen LogP contribution in [-0.2, 0) is 32.1 Å². The topological polar surface area (TPSA) is 166 Å². The molecular formula is C22H25N3O9. The summed E-state index contributed by atoms with van der Waals surface area (Å²) in [6.07, 6.45) is -1.10. The van der Waals surface area contributed by atoms with Crippen molar-refractivity contribution in [3.63, 3.8) is 0 Å². The van der Waals surface area contributed by atoms with E-state index < -0.39 is 41.6 Å². The summed E-state index contributed by atoms with van der Waals surface area (Å²) < 4.78 is 14.7. The van der Waals surface area contributed by atoms with E-state index >= 15 is 0 Å². The number of alkyl carbamates (subject to hydrolysis) is 1. The van der Waals surface area contributed by atoms with E-state index in [-0.39, 0.29) is 24.5 Å². The van der Waals surface area contributed by atoms with Crippen molar-refractivity contribution in [1.82, 2.24) is 10.6 Å². The normalized spacial score (nSPS) is 12.1. The minimum Gasteiger partial charge on any atom is -0.490 e. The number of nitro groups is 1. The van der Waals surface area contributed by atoms with E-state index in [9.17, 15) is 29.6 Å². The molecular weight excluding hydrogens is 450 g/mol. The molecule has 182 valence electrons. The predicted molar refractivity (Wildman–Crippen MR) is 118 cm³/mol. The summed E-state index contributed by atoms with van der Waals surface area (Å²) in [5.41, 5.74) is 0.756. The molecule has 2 aromatic carbocycles. The van der Waals surface area contributed by atoms with Crippen LogP contribution >= 0.6 is 0 Å². The Morgan fingerprint density at radius 1 is 1.03 bits per heavy atom. The maximum absolute atomic E-state index is 12.6. The SMILES string of the molecule is COC(=O)[C@@H](Cc1ccc(OC)c([N+](=O)[O-])c1)NC(=O)[C@H](CO)NC(=O)OCc1ccccc1. The molecule has 0 saturated heterocycles. The molecule has 0 aliphatic heterocycles. The Bertz CT molecular complexity index is 1010. The van der Waals surface area contributed by atoms with Gasteiger partial charge in [-0.3, -0.25) is 14.9 Å². The van der Waals surface area contributed by atoms with E-state index in [1.807, 2.05) is 0 Å². The first kappa shape index (κ1) is 26.1. The summed E-state index contributed by atoms with van der Waals surface area (Å²) in [5, 5.41) is 25.4. The number of hydrogen-bond donors (Lipinski definition) is 3. The standard InChI is InChI=1S/C22H25N3O9/c1-32-19-9-8-15(11-18(19)25(30)31)10-16(21(28)33-2)23-20(27)17(12-26)24-22(29)34-13-14-6-4-3-5-7-14/h3-9,11,16-17,26H,10,12-13H2,1-2H3,(H,23,27)(H,24,29)/t16-,17+/m1/s1. The second kappa shape index (κ2) is 12.7. The third-order valence-corrected chi connectivity index (χ3v) is 4.69. The fourth-order valence-corrected chi connectivity index (χ4v) is 2.95. The van der Waals surface area contributed by atoms with Crippen molar-refractivity contribution in [3.05, 3.63) is 69.8 Å². The number of nitro benzene ring substituents is 1. The zero-order valence-corrected chi connectivity index (χ0v) is 18.6. The van der Waals surface area contributed by atoms with E-state index in [4.69, 9.17) is 14.2 Å². The number of aliphatic hydroxyl groups is 1. The fourth-order valence-electron chi connectivity index (χ4n) is 2.95. The molecule has 0 spiro atoms. The zero-order chi connectivity index (χ0) is 25.1. The average molecular weight is 475 g/mol. The quantitative estimate of drug-likeness (QED) is 0.245. The highest BCUT2D eigenvalue weighted by Gasteiger charge is 2.28. The molecule has 0 unspecified atom stereocenters. The molecule has 2 rings (SSSR count). The Balaban J connectivity index is 2.05. The van der Waals surface area contributed by atoms with Crippen LogP contribution in [0, 0.1) is 10.1 Å². The molecule has 0 saturated carbocycles. The van der Waals surface area contributed by atoms with Crippen LogP contribution in [0.5, 0.6) is 5.75 Å². The number of carbonyl (C=O) groups excluding carboxylic acids is 3. The Morgan fingerprint density at radius 3 is 2.32 bits per heavy atom. The second-order valence-electron chi connectivity index (χ2n) is 6.99. The van der Waals surface area contributed by atoms with Gasteiger partial charge in [-0.05, 0) is 17.2 Å². The van der Waals surface area contributed by atoms with Gasteiger partial charge in [-0.2, -0.15) is 0 Å². The minimum absolute atomic E-state index is 0.0333. The molecule has 12 nitrogen and oxygen atoms in total. The van der Waals surface area contributed by atoms with Crippen LogP contribution in [0.1, 0.15) is 11.1 Å². The molecule has 12 heteroatoms. The van der Waals surface area contributed by atoms with Gasteiger partial charge in [0.1, 0.15) is 18.7 Å². The summed E-state index contributed by atoms with van der Waals surface area (Å²) in [6, 6.07) is 10.2. The number of amides is 2. The van der Waals surface area contributed by atoms with Crippen molar-refractivity contribution < 1.29 is 38.6 Å². The number of carbonyl (C=O) groups is 3. The second-order valence-corrected chi connectivity index (χ2v) is 6.99. The lowest BCUT2D eigenvalue weighted by atomic mass is 10.0. The molecule has 0 aliphatic carbocycles. The first-order chi connectivity index (χ1) is 16.3. The monoisotopic (exact) mass is 475 g/mol. The maximum Gasteiger partial charge on any atom is 0.408 e. The number of benzene rings is 2. The first-order valence-electron chi connectivity index (χ1n) is 10.1. The Morgan fingerprint density at radius 2 is 1.74 bits per heavy atom. The van der Waals surface area contributed by atoms with Gasteiger partial charge >= 0.3 is 17.7 Å². The van der Waals surface area contributed by atoms with E-state index in [0.29, 0.717) is 5.56 Å². The number of ether oxygens (including phenoxy) is 3. The van der Waals surface area contributed by atoms with Gasteiger partial charge < -0.3 is 30.0 Å². The summed E-state index contributed by atoms with van der Waals surface area (Å²) >= 11 is 0. The van der Waals surface area contributed by atoms with Crippen molar-refractivity contribution in [2.24, 2.45) is 0 Å². The lowest BCUT2D eigenvalue weighted by Gasteiger charge is -2.21. The highest BCUT2D eigenvalue weighted by Crippen LogP contribution is 2.28. The zero-order valence-electron chi connectivity index (χ0n) is 18.6. The third kappa shape index (κ3) is 7.45. The molecule has 3 N–H and O–H groups in total. The van der Waals surface area contributed by atoms with Crippen molar-refractivity contribution in [1.29, 1.82) is 0 Å². The predicted octanol–water partition coefficient (Wildman–Crippen LogP) is 1.09. The largest absolute Gasteiger partial charge is 0.490 e. The Kier molecular flexibility index (Phi) is 9.77. The van der Waals surface area contributed by atoms with Crippen molar-refractivity contribution in [2.45, 2.75) is 25.1 Å². The van der Waals surface area contributed by atoms with Crippen LogP contribution in [0.2, 0.25) is 0 Å². The van der Waals surface area contributed by atoms with Gasteiger partial charge in [-0.15, -0.1) is 0 Å². The molecule has 0 heterocycles. The number of rotatable bonds is 11. The number of esters is 1. The van der Waals surface area contributed by atoms with Gasteiger partial charge in [0.2, 0.25) is 5.91 Å². The number of hydrogen-bond acceptors (Lipinski definition) is 9. The number of aliphatic hydroxyl groups excluding tert-OH is 1. The van der Waals surface area contributed by atoms with Crippen LogP contribution < -0.4 is 15.4 Å². The lowest BCUT2D eigenvalue weighted by Crippen LogP contribution is -2.54. The lowest BCUT2D eigenvalue weighted by molar-refractivity contribution is -0.385. The smallest absolute Gasteiger partial charge is 0.408 e. The molecule has 34 heavy (non-hydrogen) atoms. The molecule has 0 radical (unpaired) electrons. The fraction of sp³-hybridized carbons (Fsp3) is 0.318. The minimum atomic E-state index is -1.42. The van der Waals surface area contributed by atoms with E-state index in [2.05, 4.69) is 10.6 Å². The van der Waals surface area contributed by atoms with Crippen LogP contribution in [-0.4, -0.2) is 60.9 Å². The number of methoxy groups -OCH3 is 2. The molecule has 0 fully saturated rings. The molecule has 2 amide bonds. The highest BCUT2D eigenvalue weighted by molar-refractivity contribution is 5.89. The van der Waals surface area contributed by atoms with Crippen LogP contribution in [0.25, 0.3) is 0 Å². The Labute approximate surface area is 195 Å². The van der Waals surface area contributed by atoms with Crippen molar-refractivity contribution in [3.8, 4) is 5.75 Å². The van der Waals surface area contributed by atoms with E-state index in [1.165, 1.54) is 25.3 Å². The Hall–Kier alpha value is -4.19. The summed E-state index contributed by atoms with van der Waals surface area (Å²) in [7, 11) is 2.40. The van der Waals surface area contributed by atoms with Crippen molar-refractivity contribution in [2.75, 3.05) is 20.8 Å². The molecule has 0 aromatic heterocycles.